The second kappa shape index (κ2) is 5.90. The normalized spacial score (nSPS) is 11.2. The molecule has 1 aromatic carbocycles. The quantitative estimate of drug-likeness (QED) is 0.616. The fourth-order valence-corrected chi connectivity index (χ4v) is 1.77. The van der Waals surface area contributed by atoms with Crippen LogP contribution in [0.25, 0.3) is 5.69 Å². The van der Waals surface area contributed by atoms with Gasteiger partial charge >= 0.3 is 0 Å². The molecule has 0 aliphatic carbocycles. The van der Waals surface area contributed by atoms with Gasteiger partial charge in [-0.3, -0.25) is 14.9 Å². The third kappa shape index (κ3) is 3.26. The number of carbonyl (C=O) groups is 1. The van der Waals surface area contributed by atoms with Crippen LogP contribution < -0.4 is 11.1 Å². The molecule has 22 heavy (non-hydrogen) atoms. The maximum Gasteiger partial charge on any atom is 0.295 e. The summed E-state index contributed by atoms with van der Waals surface area (Å²) < 4.78 is 1.27. The zero-order chi connectivity index (χ0) is 16.3. The monoisotopic (exact) mass is 304 g/mol. The Hall–Kier alpha value is -2.81. The summed E-state index contributed by atoms with van der Waals surface area (Å²) in [6, 6.07) is 4.15. The van der Waals surface area contributed by atoms with Crippen molar-refractivity contribution in [2.45, 2.75) is 19.4 Å². The molecule has 1 amide bonds. The number of nitro groups is 1. The van der Waals surface area contributed by atoms with Gasteiger partial charge in [-0.15, -0.1) is 0 Å². The van der Waals surface area contributed by atoms with Crippen LogP contribution in [-0.2, 0) is 0 Å². The highest BCUT2D eigenvalue weighted by Gasteiger charge is 2.23. The molecule has 1 heterocycles. The largest absolute Gasteiger partial charge is 0.346 e. The molecule has 0 bridgehead atoms. The number of hydrogen-bond acceptors (Lipinski definition) is 6. The molecule has 9 nitrogen and oxygen atoms in total. The highest BCUT2D eigenvalue weighted by Crippen LogP contribution is 2.23. The van der Waals surface area contributed by atoms with Crippen molar-refractivity contribution in [3.8, 4) is 5.69 Å². The van der Waals surface area contributed by atoms with Gasteiger partial charge in [-0.05, 0) is 26.0 Å². The first-order valence-electron chi connectivity index (χ1n) is 6.50. The molecule has 2 rings (SSSR count). The first-order valence-corrected chi connectivity index (χ1v) is 6.50. The minimum atomic E-state index is -0.601. The molecule has 116 valence electrons. The first kappa shape index (κ1) is 15.6. The van der Waals surface area contributed by atoms with Crippen LogP contribution in [0, 0.1) is 10.1 Å². The van der Waals surface area contributed by atoms with Gasteiger partial charge in [-0.2, -0.15) is 5.10 Å². The van der Waals surface area contributed by atoms with E-state index in [1.807, 2.05) is 0 Å². The molecule has 0 spiro atoms. The molecule has 0 unspecified atom stereocenters. The van der Waals surface area contributed by atoms with Crippen molar-refractivity contribution in [2.24, 2.45) is 5.73 Å². The first-order chi connectivity index (χ1) is 10.3. The van der Waals surface area contributed by atoms with Crippen LogP contribution in [-0.4, -0.2) is 37.7 Å². The Balaban J connectivity index is 2.38. The van der Waals surface area contributed by atoms with E-state index in [-0.39, 0.29) is 23.5 Å². The molecule has 1 aromatic heterocycles. The predicted octanol–water partition coefficient (Wildman–Crippen LogP) is 0.643. The third-order valence-electron chi connectivity index (χ3n) is 3.06. The van der Waals surface area contributed by atoms with Crippen molar-refractivity contribution in [3.63, 3.8) is 0 Å². The Bertz CT molecular complexity index is 696. The van der Waals surface area contributed by atoms with E-state index in [9.17, 15) is 14.9 Å². The molecule has 0 radical (unpaired) electrons. The maximum absolute atomic E-state index is 12.2. The summed E-state index contributed by atoms with van der Waals surface area (Å²) in [7, 11) is 0. The van der Waals surface area contributed by atoms with Gasteiger partial charge in [0, 0.05) is 23.7 Å². The fraction of sp³-hybridized carbons (Fsp3) is 0.308. The van der Waals surface area contributed by atoms with Crippen LogP contribution >= 0.6 is 0 Å². The number of nitrogens with zero attached hydrogens (tertiary/aromatic N) is 4. The number of carbonyl (C=O) groups excluding carboxylic acids is 1. The Morgan fingerprint density at radius 1 is 1.50 bits per heavy atom. The molecular formula is C13H16N6O3. The predicted molar refractivity (Wildman–Crippen MR) is 78.6 cm³/mol. The zero-order valence-electron chi connectivity index (χ0n) is 12.2. The Morgan fingerprint density at radius 2 is 2.23 bits per heavy atom. The van der Waals surface area contributed by atoms with Gasteiger partial charge in [0.25, 0.3) is 11.6 Å². The number of rotatable bonds is 5. The second-order valence-electron chi connectivity index (χ2n) is 5.34. The average Bonchev–Trinajstić information content (AvgIpc) is 3.00. The lowest BCUT2D eigenvalue weighted by Crippen LogP contribution is -2.48. The summed E-state index contributed by atoms with van der Waals surface area (Å²) in [5, 5.41) is 17.8. The lowest BCUT2D eigenvalue weighted by molar-refractivity contribution is -0.384. The molecule has 2 aromatic rings. The Morgan fingerprint density at radius 3 is 2.77 bits per heavy atom. The molecule has 9 heteroatoms. The van der Waals surface area contributed by atoms with Crippen molar-refractivity contribution in [3.05, 3.63) is 46.5 Å². The number of nitro benzene ring substituents is 1. The highest BCUT2D eigenvalue weighted by molar-refractivity contribution is 5.95. The van der Waals surface area contributed by atoms with Gasteiger partial charge in [0.2, 0.25) is 0 Å². The number of nitrogens with one attached hydrogen (secondary N) is 1. The van der Waals surface area contributed by atoms with E-state index in [1.54, 1.807) is 13.8 Å². The van der Waals surface area contributed by atoms with E-state index in [1.165, 1.54) is 35.5 Å². The Labute approximate surface area is 126 Å². The molecule has 0 aliphatic heterocycles. The van der Waals surface area contributed by atoms with E-state index in [0.717, 1.165) is 0 Å². The lowest BCUT2D eigenvalue weighted by Gasteiger charge is -2.24. The smallest absolute Gasteiger partial charge is 0.295 e. The van der Waals surface area contributed by atoms with Gasteiger partial charge in [0.15, 0.2) is 0 Å². The summed E-state index contributed by atoms with van der Waals surface area (Å²) >= 11 is 0. The molecule has 0 aliphatic rings. The minimum absolute atomic E-state index is 0.178. The van der Waals surface area contributed by atoms with Crippen molar-refractivity contribution in [1.82, 2.24) is 20.1 Å². The summed E-state index contributed by atoms with van der Waals surface area (Å²) in [5.74, 6) is -0.427. The van der Waals surface area contributed by atoms with Gasteiger partial charge < -0.3 is 11.1 Å². The third-order valence-corrected chi connectivity index (χ3v) is 3.06. The SMILES string of the molecule is CC(C)(CN)NC(=O)c1ccc(-n2cncn2)c([N+](=O)[O-])c1. The van der Waals surface area contributed by atoms with E-state index < -0.39 is 16.4 Å². The fourth-order valence-electron chi connectivity index (χ4n) is 1.77. The van der Waals surface area contributed by atoms with Crippen LogP contribution in [0.1, 0.15) is 24.2 Å². The van der Waals surface area contributed by atoms with Gasteiger partial charge in [-0.25, -0.2) is 9.67 Å². The molecule has 0 saturated carbocycles. The Kier molecular flexibility index (Phi) is 4.18. The molecule has 0 saturated heterocycles. The van der Waals surface area contributed by atoms with E-state index in [2.05, 4.69) is 15.4 Å². The summed E-state index contributed by atoms with van der Waals surface area (Å²) in [5.41, 5.74) is 5.14. The maximum atomic E-state index is 12.2. The van der Waals surface area contributed by atoms with E-state index in [4.69, 9.17) is 5.73 Å². The van der Waals surface area contributed by atoms with Crippen LogP contribution in [0.2, 0.25) is 0 Å². The molecular weight excluding hydrogens is 288 g/mol. The van der Waals surface area contributed by atoms with Crippen molar-refractivity contribution in [2.75, 3.05) is 6.54 Å². The number of aromatic nitrogens is 3. The molecule has 0 fully saturated rings. The molecule has 3 N–H and O–H groups in total. The van der Waals surface area contributed by atoms with Gasteiger partial charge in [-0.1, -0.05) is 0 Å². The van der Waals surface area contributed by atoms with Crippen molar-refractivity contribution < 1.29 is 9.72 Å². The average molecular weight is 304 g/mol. The standard InChI is InChI=1S/C13H16N6O3/c1-13(2,6-14)17-12(20)9-3-4-10(11(5-9)19(21)22)18-8-15-7-16-18/h3-5,7-8H,6,14H2,1-2H3,(H,17,20). The molecule has 0 atom stereocenters. The minimum Gasteiger partial charge on any atom is -0.346 e. The van der Waals surface area contributed by atoms with Crippen LogP contribution in [0.4, 0.5) is 5.69 Å². The van der Waals surface area contributed by atoms with Crippen molar-refractivity contribution in [1.29, 1.82) is 0 Å². The summed E-state index contributed by atoms with van der Waals surface area (Å²) in [4.78, 5) is 26.6. The lowest BCUT2D eigenvalue weighted by atomic mass is 10.0. The van der Waals surface area contributed by atoms with Gasteiger partial charge in [0.1, 0.15) is 18.3 Å². The number of benzene rings is 1. The number of amides is 1. The number of hydrogen-bond donors (Lipinski definition) is 2. The highest BCUT2D eigenvalue weighted by atomic mass is 16.6. The summed E-state index contributed by atoms with van der Waals surface area (Å²) in [6.07, 6.45) is 2.62. The van der Waals surface area contributed by atoms with Gasteiger partial charge in [0.05, 0.1) is 4.92 Å². The summed E-state index contributed by atoms with van der Waals surface area (Å²) in [6.45, 7) is 3.78. The van der Waals surface area contributed by atoms with Crippen LogP contribution in [0.5, 0.6) is 0 Å². The topological polar surface area (TPSA) is 129 Å². The van der Waals surface area contributed by atoms with Crippen LogP contribution in [0.3, 0.4) is 0 Å². The zero-order valence-corrected chi connectivity index (χ0v) is 12.2. The van der Waals surface area contributed by atoms with Crippen LogP contribution in [0.15, 0.2) is 30.9 Å². The van der Waals surface area contributed by atoms with Crippen molar-refractivity contribution >= 4 is 11.6 Å². The van der Waals surface area contributed by atoms with E-state index >= 15 is 0 Å². The second-order valence-corrected chi connectivity index (χ2v) is 5.34. The number of nitrogens with two attached hydrogens (primary N) is 1. The van der Waals surface area contributed by atoms with E-state index in [0.29, 0.717) is 0 Å².